The molecule has 1 aliphatic heterocycles. The molecule has 15 heavy (non-hydrogen) atoms. The summed E-state index contributed by atoms with van der Waals surface area (Å²) < 4.78 is 16.4. The van der Waals surface area contributed by atoms with E-state index in [0.29, 0.717) is 6.61 Å². The molecule has 0 saturated carbocycles. The van der Waals surface area contributed by atoms with Crippen LogP contribution in [0.3, 0.4) is 0 Å². The molecule has 1 aliphatic rings. The Morgan fingerprint density at radius 1 is 1.33 bits per heavy atom. The Morgan fingerprint density at radius 2 is 1.93 bits per heavy atom. The molecule has 0 aliphatic carbocycles. The molecular formula is C11H13BO3. The topological polar surface area (TPSA) is 27.7 Å². The molecule has 2 rings (SSSR count). The molecule has 0 amide bonds. The second-order valence-electron chi connectivity index (χ2n) is 3.33. The van der Waals surface area contributed by atoms with E-state index in [1.165, 1.54) is 0 Å². The molecule has 4 heteroatoms. The summed E-state index contributed by atoms with van der Waals surface area (Å²) in [6.45, 7) is 4.51. The van der Waals surface area contributed by atoms with Gasteiger partial charge in [-0.3, -0.25) is 0 Å². The van der Waals surface area contributed by atoms with Crippen molar-refractivity contribution in [1.29, 1.82) is 0 Å². The Labute approximate surface area is 89.8 Å². The lowest BCUT2D eigenvalue weighted by molar-refractivity contribution is 0.266. The van der Waals surface area contributed by atoms with Crippen LogP contribution < -0.4 is 9.31 Å². The highest BCUT2D eigenvalue weighted by Crippen LogP contribution is 2.34. The van der Waals surface area contributed by atoms with E-state index in [9.17, 15) is 0 Å². The summed E-state index contributed by atoms with van der Waals surface area (Å²) in [6.07, 6.45) is 1.68. The SMILES string of the molecule is CCOC=C(C)B1Oc2ccccc2O1. The molecule has 3 nitrogen and oxygen atoms in total. The number of benzene rings is 1. The van der Waals surface area contributed by atoms with Crippen molar-refractivity contribution in [2.75, 3.05) is 6.61 Å². The number of allylic oxidation sites excluding steroid dienone is 1. The molecule has 1 aromatic carbocycles. The molecule has 0 radical (unpaired) electrons. The highest BCUT2D eigenvalue weighted by Gasteiger charge is 2.33. The van der Waals surface area contributed by atoms with Crippen LogP contribution in [0.1, 0.15) is 13.8 Å². The zero-order chi connectivity index (χ0) is 10.7. The molecule has 78 valence electrons. The fourth-order valence-corrected chi connectivity index (χ4v) is 1.36. The van der Waals surface area contributed by atoms with Crippen LogP contribution in [0.15, 0.2) is 36.0 Å². The zero-order valence-corrected chi connectivity index (χ0v) is 8.90. The van der Waals surface area contributed by atoms with Crippen LogP contribution in [0.2, 0.25) is 0 Å². The van der Waals surface area contributed by atoms with E-state index in [0.717, 1.165) is 17.0 Å². The van der Waals surface area contributed by atoms with Gasteiger partial charge in [-0.25, -0.2) is 0 Å². The van der Waals surface area contributed by atoms with Crippen LogP contribution >= 0.6 is 0 Å². The van der Waals surface area contributed by atoms with E-state index in [-0.39, 0.29) is 7.12 Å². The first kappa shape index (κ1) is 9.96. The minimum atomic E-state index is -0.353. The number of hydrogen-bond donors (Lipinski definition) is 0. The zero-order valence-electron chi connectivity index (χ0n) is 8.90. The lowest BCUT2D eigenvalue weighted by atomic mass is 9.81. The highest BCUT2D eigenvalue weighted by atomic mass is 16.6. The van der Waals surface area contributed by atoms with E-state index in [4.69, 9.17) is 14.0 Å². The molecular weight excluding hydrogens is 191 g/mol. The van der Waals surface area contributed by atoms with E-state index < -0.39 is 0 Å². The third kappa shape index (κ3) is 2.09. The normalized spacial score (nSPS) is 14.3. The van der Waals surface area contributed by atoms with E-state index in [1.807, 2.05) is 38.1 Å². The Kier molecular flexibility index (Phi) is 2.85. The van der Waals surface area contributed by atoms with Gasteiger partial charge in [0.1, 0.15) is 11.5 Å². The van der Waals surface area contributed by atoms with Crippen molar-refractivity contribution in [2.45, 2.75) is 13.8 Å². The first-order valence-corrected chi connectivity index (χ1v) is 5.02. The monoisotopic (exact) mass is 204 g/mol. The van der Waals surface area contributed by atoms with E-state index in [2.05, 4.69) is 0 Å². The van der Waals surface area contributed by atoms with Crippen molar-refractivity contribution in [3.63, 3.8) is 0 Å². The van der Waals surface area contributed by atoms with Crippen molar-refractivity contribution in [2.24, 2.45) is 0 Å². The van der Waals surface area contributed by atoms with Crippen molar-refractivity contribution in [3.8, 4) is 11.5 Å². The summed E-state index contributed by atoms with van der Waals surface area (Å²) in [5, 5.41) is 0. The van der Waals surface area contributed by atoms with Gasteiger partial charge in [-0.15, -0.1) is 0 Å². The van der Waals surface area contributed by atoms with Gasteiger partial charge < -0.3 is 14.0 Å². The minimum Gasteiger partial charge on any atom is -0.519 e. The first-order chi connectivity index (χ1) is 7.31. The lowest BCUT2D eigenvalue weighted by Gasteiger charge is -2.04. The smallest absolute Gasteiger partial charge is 0.519 e. The lowest BCUT2D eigenvalue weighted by Crippen LogP contribution is -2.26. The second kappa shape index (κ2) is 4.30. The van der Waals surface area contributed by atoms with Gasteiger partial charge in [0.15, 0.2) is 0 Å². The van der Waals surface area contributed by atoms with Gasteiger partial charge in [0.2, 0.25) is 0 Å². The summed E-state index contributed by atoms with van der Waals surface area (Å²) in [6, 6.07) is 7.63. The minimum absolute atomic E-state index is 0.353. The van der Waals surface area contributed by atoms with Gasteiger partial charge in [-0.1, -0.05) is 12.1 Å². The molecule has 0 aromatic heterocycles. The third-order valence-corrected chi connectivity index (χ3v) is 2.12. The average molecular weight is 204 g/mol. The fourth-order valence-electron chi connectivity index (χ4n) is 1.36. The molecule has 0 atom stereocenters. The number of hydrogen-bond acceptors (Lipinski definition) is 3. The summed E-state index contributed by atoms with van der Waals surface area (Å²) in [5.74, 6) is 1.57. The molecule has 0 bridgehead atoms. The fraction of sp³-hybridized carbons (Fsp3) is 0.273. The molecule has 0 unspecified atom stereocenters. The maximum atomic E-state index is 5.60. The Balaban J connectivity index is 2.07. The largest absolute Gasteiger partial charge is 0.631 e. The van der Waals surface area contributed by atoms with Crippen LogP contribution in [0.4, 0.5) is 0 Å². The highest BCUT2D eigenvalue weighted by molar-refractivity contribution is 6.56. The van der Waals surface area contributed by atoms with Gasteiger partial charge in [0, 0.05) is 5.47 Å². The van der Waals surface area contributed by atoms with Gasteiger partial charge in [0.25, 0.3) is 0 Å². The predicted molar refractivity (Wildman–Crippen MR) is 58.8 cm³/mol. The summed E-state index contributed by atoms with van der Waals surface area (Å²) in [4.78, 5) is 0. The number of ether oxygens (including phenoxy) is 1. The standard InChI is InChI=1S/C11H13BO3/c1-3-13-8-9(2)12-14-10-6-4-5-7-11(10)15-12/h4-8H,3H2,1-2H3. The van der Waals surface area contributed by atoms with Gasteiger partial charge in [-0.2, -0.15) is 0 Å². The van der Waals surface area contributed by atoms with Crippen LogP contribution in [-0.2, 0) is 4.74 Å². The van der Waals surface area contributed by atoms with Crippen LogP contribution in [0, 0.1) is 0 Å². The number of rotatable bonds is 3. The maximum Gasteiger partial charge on any atom is 0.631 e. The molecule has 1 aromatic rings. The Hall–Kier alpha value is -1.58. The summed E-state index contributed by atoms with van der Waals surface area (Å²) in [5.41, 5.74) is 0.924. The maximum absolute atomic E-state index is 5.60. The molecule has 1 heterocycles. The molecule has 0 N–H and O–H groups in total. The van der Waals surface area contributed by atoms with Crippen molar-refractivity contribution in [1.82, 2.24) is 0 Å². The van der Waals surface area contributed by atoms with Crippen LogP contribution in [0.5, 0.6) is 11.5 Å². The predicted octanol–water partition coefficient (Wildman–Crippen LogP) is 2.43. The average Bonchev–Trinajstić information content (AvgIpc) is 2.69. The summed E-state index contributed by atoms with van der Waals surface area (Å²) in [7, 11) is -0.353. The van der Waals surface area contributed by atoms with Crippen molar-refractivity contribution >= 4 is 7.12 Å². The van der Waals surface area contributed by atoms with Crippen LogP contribution in [0.25, 0.3) is 0 Å². The molecule has 0 saturated heterocycles. The molecule has 0 fully saturated rings. The van der Waals surface area contributed by atoms with Crippen molar-refractivity contribution < 1.29 is 14.0 Å². The second-order valence-corrected chi connectivity index (χ2v) is 3.33. The number of para-hydroxylation sites is 2. The van der Waals surface area contributed by atoms with Crippen molar-refractivity contribution in [3.05, 3.63) is 36.0 Å². The van der Waals surface area contributed by atoms with E-state index in [1.54, 1.807) is 6.26 Å². The van der Waals surface area contributed by atoms with Gasteiger partial charge >= 0.3 is 7.12 Å². The molecule has 0 spiro atoms. The quantitative estimate of drug-likeness (QED) is 0.558. The van der Waals surface area contributed by atoms with Gasteiger partial charge in [-0.05, 0) is 26.0 Å². The third-order valence-electron chi connectivity index (χ3n) is 2.12. The Morgan fingerprint density at radius 3 is 2.47 bits per heavy atom. The summed E-state index contributed by atoms with van der Waals surface area (Å²) >= 11 is 0. The van der Waals surface area contributed by atoms with E-state index >= 15 is 0 Å². The number of fused-ring (bicyclic) bond motifs is 1. The van der Waals surface area contributed by atoms with Gasteiger partial charge in [0.05, 0.1) is 12.9 Å². The first-order valence-electron chi connectivity index (χ1n) is 5.02. The van der Waals surface area contributed by atoms with Crippen LogP contribution in [-0.4, -0.2) is 13.7 Å². The Bertz CT molecular complexity index is 351.